The van der Waals surface area contributed by atoms with Gasteiger partial charge in [-0.25, -0.2) is 0 Å². The lowest BCUT2D eigenvalue weighted by atomic mass is 9.91. The van der Waals surface area contributed by atoms with Crippen LogP contribution in [0, 0.1) is 13.8 Å². The van der Waals surface area contributed by atoms with Gasteiger partial charge in [-0.1, -0.05) is 109 Å². The van der Waals surface area contributed by atoms with Crippen molar-refractivity contribution in [1.82, 2.24) is 5.32 Å². The number of hydrogen-bond donors (Lipinski definition) is 1. The van der Waals surface area contributed by atoms with Crippen molar-refractivity contribution in [3.05, 3.63) is 107 Å². The van der Waals surface area contributed by atoms with Crippen LogP contribution in [-0.2, 0) is 6.42 Å². The molecule has 1 amide bonds. The largest absolute Gasteiger partial charge is 0.495 e. The summed E-state index contributed by atoms with van der Waals surface area (Å²) >= 11 is 0. The summed E-state index contributed by atoms with van der Waals surface area (Å²) in [5, 5.41) is 3.15. The van der Waals surface area contributed by atoms with Crippen LogP contribution in [-0.4, -0.2) is 26.7 Å². The van der Waals surface area contributed by atoms with Crippen LogP contribution in [0.3, 0.4) is 0 Å². The molecule has 0 aliphatic carbocycles. The van der Waals surface area contributed by atoms with Crippen molar-refractivity contribution >= 4 is 5.91 Å². The Hall–Kier alpha value is -4.05. The van der Waals surface area contributed by atoms with Crippen LogP contribution in [0.25, 0.3) is 22.3 Å². The Morgan fingerprint density at radius 1 is 0.675 bits per heavy atom. The number of amides is 1. The van der Waals surface area contributed by atoms with Crippen LogP contribution in [0.2, 0.25) is 0 Å². The lowest BCUT2D eigenvalue weighted by Gasteiger charge is -2.21. The number of rotatable bonds is 13. The van der Waals surface area contributed by atoms with E-state index < -0.39 is 0 Å². The summed E-state index contributed by atoms with van der Waals surface area (Å²) in [5.74, 6) is 1.09. The number of ether oxygens (including phenoxy) is 2. The average molecular weight is 536 g/mol. The summed E-state index contributed by atoms with van der Waals surface area (Å²) < 4.78 is 11.9. The standard InChI is InChI=1S/C36H41NO3/c1-26-15-13-20-29(23-26)31-25-32(35(40-4)33(34(31)39-3)30-21-14-16-27(2)24-30)36(38)37-22-12-7-5-6-9-17-28-18-10-8-11-19-28/h8,10-11,13-16,18-21,23-25H,5-7,9,12,17,22H2,1-4H3,(H,37,38). The van der Waals surface area contributed by atoms with Crippen molar-refractivity contribution in [2.24, 2.45) is 0 Å². The zero-order valence-electron chi connectivity index (χ0n) is 24.3. The second-order valence-corrected chi connectivity index (χ2v) is 10.4. The molecule has 0 heterocycles. The molecule has 4 aromatic carbocycles. The number of nitrogens with one attached hydrogen (secondary N) is 1. The van der Waals surface area contributed by atoms with Crippen LogP contribution in [0.5, 0.6) is 11.5 Å². The quantitative estimate of drug-likeness (QED) is 0.174. The van der Waals surface area contributed by atoms with E-state index in [0.29, 0.717) is 23.6 Å². The minimum atomic E-state index is -0.133. The fourth-order valence-corrected chi connectivity index (χ4v) is 5.26. The monoisotopic (exact) mass is 535 g/mol. The van der Waals surface area contributed by atoms with Gasteiger partial charge in [0.15, 0.2) is 0 Å². The Kier molecular flexibility index (Phi) is 10.4. The highest BCUT2D eigenvalue weighted by atomic mass is 16.5. The van der Waals surface area contributed by atoms with Gasteiger partial charge in [0, 0.05) is 12.1 Å². The number of carbonyl (C=O) groups excluding carboxylic acids is 1. The van der Waals surface area contributed by atoms with Gasteiger partial charge in [0.2, 0.25) is 0 Å². The Morgan fingerprint density at radius 2 is 1.30 bits per heavy atom. The molecule has 0 aromatic heterocycles. The van der Waals surface area contributed by atoms with E-state index in [1.54, 1.807) is 14.2 Å². The van der Waals surface area contributed by atoms with Crippen LogP contribution in [0.4, 0.5) is 0 Å². The van der Waals surface area contributed by atoms with Gasteiger partial charge >= 0.3 is 0 Å². The van der Waals surface area contributed by atoms with Crippen LogP contribution in [0.1, 0.15) is 59.2 Å². The third-order valence-corrected chi connectivity index (χ3v) is 7.29. The van der Waals surface area contributed by atoms with E-state index in [9.17, 15) is 4.79 Å². The van der Waals surface area contributed by atoms with E-state index in [4.69, 9.17) is 9.47 Å². The number of methoxy groups -OCH3 is 2. The van der Waals surface area contributed by atoms with E-state index >= 15 is 0 Å². The van der Waals surface area contributed by atoms with Gasteiger partial charge in [0.25, 0.3) is 5.91 Å². The third kappa shape index (κ3) is 7.32. The highest BCUT2D eigenvalue weighted by Gasteiger charge is 2.25. The summed E-state index contributed by atoms with van der Waals surface area (Å²) in [4.78, 5) is 13.6. The molecule has 0 saturated carbocycles. The van der Waals surface area contributed by atoms with E-state index in [1.165, 1.54) is 24.8 Å². The molecule has 208 valence electrons. The Labute approximate surface area is 239 Å². The minimum Gasteiger partial charge on any atom is -0.495 e. The van der Waals surface area contributed by atoms with Gasteiger partial charge in [-0.05, 0) is 55.9 Å². The molecule has 4 heteroatoms. The Balaban J connectivity index is 1.51. The van der Waals surface area contributed by atoms with Crippen molar-refractivity contribution < 1.29 is 14.3 Å². The molecule has 0 fully saturated rings. The highest BCUT2D eigenvalue weighted by molar-refractivity contribution is 6.03. The van der Waals surface area contributed by atoms with E-state index in [1.807, 2.05) is 24.3 Å². The Morgan fingerprint density at radius 3 is 1.98 bits per heavy atom. The first-order chi connectivity index (χ1) is 19.5. The van der Waals surface area contributed by atoms with Crippen molar-refractivity contribution in [3.63, 3.8) is 0 Å². The Bertz CT molecular complexity index is 1410. The van der Waals surface area contributed by atoms with E-state index in [2.05, 4.69) is 79.8 Å². The maximum Gasteiger partial charge on any atom is 0.255 e. The number of carbonyl (C=O) groups is 1. The molecule has 0 bridgehead atoms. The summed E-state index contributed by atoms with van der Waals surface area (Å²) in [7, 11) is 3.29. The van der Waals surface area contributed by atoms with Gasteiger partial charge in [0.1, 0.15) is 11.5 Å². The zero-order chi connectivity index (χ0) is 28.3. The number of aryl methyl sites for hydroxylation is 3. The predicted molar refractivity (Wildman–Crippen MR) is 165 cm³/mol. The predicted octanol–water partition coefficient (Wildman–Crippen LogP) is 8.58. The number of benzene rings is 4. The lowest BCUT2D eigenvalue weighted by molar-refractivity contribution is 0.0950. The van der Waals surface area contributed by atoms with E-state index in [0.717, 1.165) is 52.6 Å². The van der Waals surface area contributed by atoms with Crippen LogP contribution < -0.4 is 14.8 Å². The van der Waals surface area contributed by atoms with Gasteiger partial charge in [-0.15, -0.1) is 0 Å². The first kappa shape index (κ1) is 28.9. The molecule has 0 radical (unpaired) electrons. The molecular formula is C36H41NO3. The normalized spacial score (nSPS) is 10.8. The smallest absolute Gasteiger partial charge is 0.255 e. The SMILES string of the molecule is COc1c(C(=O)NCCCCCCCc2ccccc2)cc(-c2cccc(C)c2)c(OC)c1-c1cccc(C)c1. The first-order valence-corrected chi connectivity index (χ1v) is 14.3. The summed E-state index contributed by atoms with van der Waals surface area (Å²) in [5.41, 5.74) is 7.78. The molecule has 0 aliphatic heterocycles. The molecule has 4 rings (SSSR count). The summed E-state index contributed by atoms with van der Waals surface area (Å²) in [6, 6.07) is 29.0. The van der Waals surface area contributed by atoms with Crippen molar-refractivity contribution in [1.29, 1.82) is 0 Å². The topological polar surface area (TPSA) is 47.6 Å². The lowest BCUT2D eigenvalue weighted by Crippen LogP contribution is -2.25. The summed E-state index contributed by atoms with van der Waals surface area (Å²) in [6.45, 7) is 4.75. The fourth-order valence-electron chi connectivity index (χ4n) is 5.26. The molecule has 0 unspecified atom stereocenters. The van der Waals surface area contributed by atoms with Crippen molar-refractivity contribution in [3.8, 4) is 33.8 Å². The maximum absolute atomic E-state index is 13.6. The molecule has 0 aliphatic rings. The van der Waals surface area contributed by atoms with Gasteiger partial charge in [-0.2, -0.15) is 0 Å². The summed E-state index contributed by atoms with van der Waals surface area (Å²) in [6.07, 6.45) is 6.74. The van der Waals surface area contributed by atoms with Crippen molar-refractivity contribution in [2.45, 2.75) is 52.4 Å². The maximum atomic E-state index is 13.6. The zero-order valence-corrected chi connectivity index (χ0v) is 24.3. The van der Waals surface area contributed by atoms with Gasteiger partial charge in [-0.3, -0.25) is 4.79 Å². The highest BCUT2D eigenvalue weighted by Crippen LogP contribution is 2.47. The second-order valence-electron chi connectivity index (χ2n) is 10.4. The fraction of sp³-hybridized carbons (Fsp3) is 0.306. The first-order valence-electron chi connectivity index (χ1n) is 14.3. The molecular weight excluding hydrogens is 494 g/mol. The van der Waals surface area contributed by atoms with Gasteiger partial charge < -0.3 is 14.8 Å². The number of hydrogen-bond acceptors (Lipinski definition) is 3. The average Bonchev–Trinajstić information content (AvgIpc) is 2.97. The molecule has 0 spiro atoms. The molecule has 0 saturated heterocycles. The van der Waals surface area contributed by atoms with Crippen LogP contribution >= 0.6 is 0 Å². The molecule has 0 atom stereocenters. The van der Waals surface area contributed by atoms with Crippen molar-refractivity contribution in [2.75, 3.05) is 20.8 Å². The molecule has 4 aromatic rings. The molecule has 4 nitrogen and oxygen atoms in total. The van der Waals surface area contributed by atoms with Gasteiger partial charge in [0.05, 0.1) is 25.3 Å². The minimum absolute atomic E-state index is 0.133. The number of unbranched alkanes of at least 4 members (excludes halogenated alkanes) is 4. The molecule has 1 N–H and O–H groups in total. The van der Waals surface area contributed by atoms with Crippen LogP contribution in [0.15, 0.2) is 84.9 Å². The second kappa shape index (κ2) is 14.4. The molecule has 40 heavy (non-hydrogen) atoms. The third-order valence-electron chi connectivity index (χ3n) is 7.29. The van der Waals surface area contributed by atoms with E-state index in [-0.39, 0.29) is 5.91 Å².